The third kappa shape index (κ3) is 9.80. The highest BCUT2D eigenvalue weighted by Crippen LogP contribution is 2.31. The Hall–Kier alpha value is 0.137. The summed E-state index contributed by atoms with van der Waals surface area (Å²) in [6.07, 6.45) is 2.34. The van der Waals surface area contributed by atoms with Gasteiger partial charge < -0.3 is 9.16 Å². The Balaban J connectivity index is 3.87. The molecule has 0 spiro atoms. The van der Waals surface area contributed by atoms with Gasteiger partial charge in [-0.1, -0.05) is 41.0 Å². The normalized spacial score (nSPS) is 14.3. The maximum absolute atomic E-state index is 6.16. The molecule has 17 heavy (non-hydrogen) atoms. The molecule has 0 rings (SSSR count). The molecule has 0 aromatic rings. The summed E-state index contributed by atoms with van der Waals surface area (Å²) < 4.78 is 11.5. The number of hydrogen-bond donors (Lipinski definition) is 0. The van der Waals surface area contributed by atoms with Gasteiger partial charge in [0.05, 0.1) is 0 Å². The van der Waals surface area contributed by atoms with Crippen LogP contribution in [0.3, 0.4) is 0 Å². The topological polar surface area (TPSA) is 18.5 Å². The average Bonchev–Trinajstić information content (AvgIpc) is 2.19. The predicted molar refractivity (Wildman–Crippen MR) is 78.2 cm³/mol. The van der Waals surface area contributed by atoms with Crippen molar-refractivity contribution in [2.75, 3.05) is 19.8 Å². The predicted octanol–water partition coefficient (Wildman–Crippen LogP) is 4.00. The Kier molecular flexibility index (Phi) is 9.19. The fourth-order valence-electron chi connectivity index (χ4n) is 1.78. The van der Waals surface area contributed by atoms with Crippen LogP contribution in [0.4, 0.5) is 0 Å². The molecule has 0 aromatic carbocycles. The third-order valence-electron chi connectivity index (χ3n) is 2.93. The second-order valence-electron chi connectivity index (χ2n) is 6.25. The van der Waals surface area contributed by atoms with Gasteiger partial charge in [-0.2, -0.15) is 0 Å². The molecule has 0 N–H and O–H groups in total. The van der Waals surface area contributed by atoms with Gasteiger partial charge in [-0.3, -0.25) is 0 Å². The summed E-state index contributed by atoms with van der Waals surface area (Å²) in [6.45, 7) is 16.1. The highest BCUT2D eigenvalue weighted by molar-refractivity contribution is 6.55. The Morgan fingerprint density at radius 1 is 1.12 bits per heavy atom. The van der Waals surface area contributed by atoms with Crippen LogP contribution >= 0.6 is 0 Å². The van der Waals surface area contributed by atoms with Crippen LogP contribution in [0, 0.1) is 5.92 Å². The minimum Gasteiger partial charge on any atom is -0.419 e. The lowest BCUT2D eigenvalue weighted by Gasteiger charge is -2.29. The van der Waals surface area contributed by atoms with Crippen LogP contribution in [0.2, 0.25) is 11.1 Å². The van der Waals surface area contributed by atoms with Crippen LogP contribution in [0.15, 0.2) is 0 Å². The quantitative estimate of drug-likeness (QED) is 0.461. The molecule has 0 aliphatic carbocycles. The van der Waals surface area contributed by atoms with Gasteiger partial charge in [0.2, 0.25) is 0 Å². The molecule has 0 amide bonds. The highest BCUT2D eigenvalue weighted by atomic mass is 28.3. The van der Waals surface area contributed by atoms with Crippen LogP contribution in [0.5, 0.6) is 0 Å². The summed E-state index contributed by atoms with van der Waals surface area (Å²) in [5, 5.41) is 0.375. The van der Waals surface area contributed by atoms with Crippen LogP contribution in [0.25, 0.3) is 0 Å². The molecule has 1 atom stereocenters. The third-order valence-corrected chi connectivity index (χ3v) is 6.36. The van der Waals surface area contributed by atoms with E-state index in [9.17, 15) is 0 Å². The van der Waals surface area contributed by atoms with Crippen LogP contribution < -0.4 is 0 Å². The molecule has 104 valence electrons. The summed E-state index contributed by atoms with van der Waals surface area (Å²) in [4.78, 5) is 0. The second-order valence-corrected chi connectivity index (χ2v) is 9.87. The van der Waals surface area contributed by atoms with Crippen LogP contribution in [0.1, 0.15) is 54.4 Å². The molecule has 0 saturated heterocycles. The summed E-state index contributed by atoms with van der Waals surface area (Å²) in [6, 6.07) is 1.30. The first-order valence-corrected chi connectivity index (χ1v) is 8.93. The van der Waals surface area contributed by atoms with Gasteiger partial charge in [0.1, 0.15) is 0 Å². The van der Waals surface area contributed by atoms with E-state index in [1.54, 1.807) is 0 Å². The number of rotatable bonds is 9. The molecular weight excluding hydrogens is 228 g/mol. The van der Waals surface area contributed by atoms with Gasteiger partial charge in [-0.25, -0.2) is 0 Å². The van der Waals surface area contributed by atoms with E-state index in [1.807, 2.05) is 6.92 Å². The molecule has 0 aromatic heterocycles. The van der Waals surface area contributed by atoms with E-state index in [-0.39, 0.29) is 0 Å². The second kappa shape index (κ2) is 9.12. The fourth-order valence-corrected chi connectivity index (χ4v) is 4.74. The molecule has 3 heteroatoms. The Morgan fingerprint density at radius 3 is 2.24 bits per heavy atom. The molecule has 0 aliphatic heterocycles. The van der Waals surface area contributed by atoms with Crippen molar-refractivity contribution in [1.82, 2.24) is 0 Å². The molecule has 0 heterocycles. The fraction of sp³-hybridized carbons (Fsp3) is 1.00. The highest BCUT2D eigenvalue weighted by Gasteiger charge is 2.27. The van der Waals surface area contributed by atoms with E-state index in [2.05, 4.69) is 34.6 Å². The van der Waals surface area contributed by atoms with Crippen molar-refractivity contribution >= 4 is 9.04 Å². The van der Waals surface area contributed by atoms with Gasteiger partial charge in [0, 0.05) is 19.8 Å². The summed E-state index contributed by atoms with van der Waals surface area (Å²) >= 11 is 0. The zero-order chi connectivity index (χ0) is 13.3. The molecule has 2 nitrogen and oxygen atoms in total. The van der Waals surface area contributed by atoms with E-state index in [0.717, 1.165) is 32.2 Å². The lowest BCUT2D eigenvalue weighted by atomic mass is 10.2. The lowest BCUT2D eigenvalue weighted by molar-refractivity contribution is 0.129. The first-order valence-electron chi connectivity index (χ1n) is 7.07. The molecule has 0 aliphatic rings. The molecule has 1 unspecified atom stereocenters. The van der Waals surface area contributed by atoms with Crippen molar-refractivity contribution in [3.8, 4) is 0 Å². The van der Waals surface area contributed by atoms with Crippen LogP contribution in [-0.4, -0.2) is 28.9 Å². The van der Waals surface area contributed by atoms with Gasteiger partial charge >= 0.3 is 0 Å². The maximum Gasteiger partial charge on any atom is 0.182 e. The largest absolute Gasteiger partial charge is 0.419 e. The Morgan fingerprint density at radius 2 is 1.76 bits per heavy atom. The van der Waals surface area contributed by atoms with E-state index >= 15 is 0 Å². The Bertz CT molecular complexity index is 176. The molecular formula is C14H32O2Si. The number of hydrogen-bond acceptors (Lipinski definition) is 2. The molecule has 0 saturated carbocycles. The van der Waals surface area contributed by atoms with Gasteiger partial charge in [0.25, 0.3) is 0 Å². The van der Waals surface area contributed by atoms with E-state index in [1.165, 1.54) is 12.5 Å². The zero-order valence-corrected chi connectivity index (χ0v) is 13.9. The van der Waals surface area contributed by atoms with Crippen LogP contribution in [-0.2, 0) is 9.16 Å². The minimum atomic E-state index is -1.09. The van der Waals surface area contributed by atoms with E-state index < -0.39 is 9.04 Å². The smallest absolute Gasteiger partial charge is 0.182 e. The SMILES string of the molecule is CCOCCCO[SiH](CCC(C)C)C(C)(C)C. The van der Waals surface area contributed by atoms with Gasteiger partial charge in [0.15, 0.2) is 9.04 Å². The monoisotopic (exact) mass is 260 g/mol. The zero-order valence-electron chi connectivity index (χ0n) is 12.7. The standard InChI is InChI=1S/C14H32O2Si/c1-7-15-10-8-11-16-17(14(4,5)6)12-9-13(2)3/h13,17H,7-12H2,1-6H3. The van der Waals surface area contributed by atoms with Gasteiger partial charge in [-0.15, -0.1) is 0 Å². The lowest BCUT2D eigenvalue weighted by Crippen LogP contribution is -2.30. The first kappa shape index (κ1) is 17.1. The van der Waals surface area contributed by atoms with Crippen molar-refractivity contribution in [3.05, 3.63) is 0 Å². The van der Waals surface area contributed by atoms with Crippen molar-refractivity contribution < 1.29 is 9.16 Å². The number of ether oxygens (including phenoxy) is 1. The average molecular weight is 260 g/mol. The van der Waals surface area contributed by atoms with Crippen molar-refractivity contribution in [3.63, 3.8) is 0 Å². The van der Waals surface area contributed by atoms with Crippen molar-refractivity contribution in [2.24, 2.45) is 5.92 Å². The van der Waals surface area contributed by atoms with Crippen molar-refractivity contribution in [1.29, 1.82) is 0 Å². The van der Waals surface area contributed by atoms with Gasteiger partial charge in [-0.05, 0) is 30.3 Å². The molecule has 0 bridgehead atoms. The van der Waals surface area contributed by atoms with E-state index in [0.29, 0.717) is 5.04 Å². The minimum absolute atomic E-state index is 0.375. The summed E-state index contributed by atoms with van der Waals surface area (Å²) in [5.74, 6) is 0.791. The first-order chi connectivity index (χ1) is 7.88. The summed E-state index contributed by atoms with van der Waals surface area (Å²) in [7, 11) is -1.09. The molecule has 0 radical (unpaired) electrons. The maximum atomic E-state index is 6.16. The summed E-state index contributed by atoms with van der Waals surface area (Å²) in [5.41, 5.74) is 0. The molecule has 0 fully saturated rings. The Labute approximate surface area is 110 Å². The van der Waals surface area contributed by atoms with E-state index in [4.69, 9.17) is 9.16 Å². The van der Waals surface area contributed by atoms with Crippen molar-refractivity contribution in [2.45, 2.75) is 65.5 Å².